The Balaban J connectivity index is 2.03. The van der Waals surface area contributed by atoms with Gasteiger partial charge in [0.05, 0.1) is 28.8 Å². The van der Waals surface area contributed by atoms with E-state index in [1.807, 2.05) is 0 Å². The maximum absolute atomic E-state index is 12.6. The molecule has 2 aromatic carbocycles. The molecule has 0 aromatic heterocycles. The van der Waals surface area contributed by atoms with Crippen LogP contribution in [0.25, 0.3) is 10.4 Å². The number of nitrogens with zero attached hydrogens (tertiary/aromatic N) is 2. The zero-order valence-electron chi connectivity index (χ0n) is 12.2. The third-order valence-corrected chi connectivity index (χ3v) is 5.69. The van der Waals surface area contributed by atoms with E-state index in [2.05, 4.69) is 31.6 Å². The van der Waals surface area contributed by atoms with E-state index < -0.39 is 10.0 Å². The molecule has 0 heterocycles. The molecule has 0 saturated carbocycles. The number of rotatable bonds is 3. The molecule has 0 fully saturated rings. The van der Waals surface area contributed by atoms with Gasteiger partial charge in [0.15, 0.2) is 5.69 Å². The Kier molecular flexibility index (Phi) is 4.15. The first-order chi connectivity index (χ1) is 11.5. The molecule has 0 unspecified atom stereocenters. The molecule has 0 bridgehead atoms. The van der Waals surface area contributed by atoms with Gasteiger partial charge in [-0.05, 0) is 36.2 Å². The Morgan fingerprint density at radius 2 is 2.08 bits per heavy atom. The lowest BCUT2D eigenvalue weighted by atomic mass is 10.1. The molecule has 0 atom stereocenters. The highest BCUT2D eigenvalue weighted by molar-refractivity contribution is 9.10. The molecule has 0 spiro atoms. The van der Waals surface area contributed by atoms with Crippen molar-refractivity contribution in [2.24, 2.45) is 0 Å². The van der Waals surface area contributed by atoms with Crippen LogP contribution in [0.3, 0.4) is 0 Å². The maximum atomic E-state index is 12.6. The van der Waals surface area contributed by atoms with Crippen molar-refractivity contribution in [2.75, 3.05) is 4.72 Å². The smallest absolute Gasteiger partial charge is 0.260 e. The summed E-state index contributed by atoms with van der Waals surface area (Å²) < 4.78 is 28.5. The Hall–Kier alpha value is -2.61. The number of sulfonamides is 1. The predicted octanol–water partition coefficient (Wildman–Crippen LogP) is 4.26. The number of fused-ring (bicyclic) bond motifs is 1. The number of nitrogens with one attached hydrogen (secondary N) is 1. The lowest BCUT2D eigenvalue weighted by molar-refractivity contribution is 0.601. The maximum Gasteiger partial charge on any atom is 0.260 e. The highest BCUT2D eigenvalue weighted by atomic mass is 79.9. The average Bonchev–Trinajstić information content (AvgIpc) is 3.02. The van der Waals surface area contributed by atoms with Gasteiger partial charge in [-0.3, -0.25) is 4.72 Å². The van der Waals surface area contributed by atoms with Crippen molar-refractivity contribution >= 4 is 42.9 Å². The highest BCUT2D eigenvalue weighted by Gasteiger charge is 2.23. The van der Waals surface area contributed by atoms with Gasteiger partial charge in [-0.25, -0.2) is 13.3 Å². The molecule has 2 aromatic rings. The Labute approximate surface area is 148 Å². The second-order valence-electron chi connectivity index (χ2n) is 5.10. The minimum atomic E-state index is -3.82. The molecule has 118 valence electrons. The van der Waals surface area contributed by atoms with Gasteiger partial charge in [0.1, 0.15) is 0 Å². The molecule has 1 aliphatic carbocycles. The van der Waals surface area contributed by atoms with Gasteiger partial charge in [-0.2, -0.15) is 5.26 Å². The van der Waals surface area contributed by atoms with Crippen molar-refractivity contribution in [2.45, 2.75) is 11.3 Å². The van der Waals surface area contributed by atoms with E-state index >= 15 is 0 Å². The third kappa shape index (κ3) is 2.80. The van der Waals surface area contributed by atoms with Crippen LogP contribution < -0.4 is 4.72 Å². The number of nitriles is 1. The van der Waals surface area contributed by atoms with Crippen molar-refractivity contribution in [3.63, 3.8) is 0 Å². The molecule has 0 radical (unpaired) electrons. The molecule has 1 N–H and O–H groups in total. The van der Waals surface area contributed by atoms with E-state index in [9.17, 15) is 13.7 Å². The largest absolute Gasteiger partial charge is 0.279 e. The molecular formula is C17H10BrN3O2S. The van der Waals surface area contributed by atoms with Crippen LogP contribution in [-0.2, 0) is 16.4 Å². The van der Waals surface area contributed by atoms with E-state index in [-0.39, 0.29) is 10.6 Å². The van der Waals surface area contributed by atoms with Crippen LogP contribution in [0.15, 0.2) is 51.8 Å². The van der Waals surface area contributed by atoms with Crippen molar-refractivity contribution < 1.29 is 8.42 Å². The lowest BCUT2D eigenvalue weighted by Crippen LogP contribution is -2.14. The topological polar surface area (TPSA) is 74.3 Å². The summed E-state index contributed by atoms with van der Waals surface area (Å²) in [4.78, 5) is 3.28. The summed E-state index contributed by atoms with van der Waals surface area (Å²) in [7, 11) is -3.82. The van der Waals surface area contributed by atoms with Crippen LogP contribution in [0.5, 0.6) is 0 Å². The van der Waals surface area contributed by atoms with Crippen LogP contribution in [0.1, 0.15) is 11.1 Å². The summed E-state index contributed by atoms with van der Waals surface area (Å²) >= 11 is 3.40. The SMILES string of the molecule is [C-]#[N+]c1cccc(S(=O)(=O)Nc2ccc(Br)c3c2CC=C3C#N)c1. The first-order valence-electron chi connectivity index (χ1n) is 6.88. The summed E-state index contributed by atoms with van der Waals surface area (Å²) in [6.07, 6.45) is 2.25. The Morgan fingerprint density at radius 1 is 1.29 bits per heavy atom. The molecule has 3 rings (SSSR count). The van der Waals surface area contributed by atoms with Crippen molar-refractivity contribution in [3.8, 4) is 6.07 Å². The Bertz CT molecular complexity index is 1060. The minimum absolute atomic E-state index is 0.0270. The molecule has 5 nitrogen and oxygen atoms in total. The molecule has 7 heteroatoms. The zero-order valence-corrected chi connectivity index (χ0v) is 14.6. The van der Waals surface area contributed by atoms with Gasteiger partial charge in [-0.15, -0.1) is 0 Å². The number of halogens is 1. The summed E-state index contributed by atoms with van der Waals surface area (Å²) in [6, 6.07) is 11.3. The number of hydrogen-bond acceptors (Lipinski definition) is 3. The van der Waals surface area contributed by atoms with Crippen LogP contribution in [0.2, 0.25) is 0 Å². The molecule has 0 amide bonds. The molecule has 0 saturated heterocycles. The number of hydrogen-bond donors (Lipinski definition) is 1. The van der Waals surface area contributed by atoms with Crippen LogP contribution >= 0.6 is 15.9 Å². The quantitative estimate of drug-likeness (QED) is 0.783. The monoisotopic (exact) mass is 399 g/mol. The predicted molar refractivity (Wildman–Crippen MR) is 94.9 cm³/mol. The van der Waals surface area contributed by atoms with Crippen LogP contribution in [0.4, 0.5) is 11.4 Å². The van der Waals surface area contributed by atoms with Gasteiger partial charge in [0, 0.05) is 10.0 Å². The number of allylic oxidation sites excluding steroid dienone is 2. The van der Waals surface area contributed by atoms with E-state index in [4.69, 9.17) is 6.57 Å². The van der Waals surface area contributed by atoms with E-state index in [0.717, 1.165) is 10.0 Å². The minimum Gasteiger partial charge on any atom is -0.279 e. The summed E-state index contributed by atoms with van der Waals surface area (Å²) in [5.41, 5.74) is 2.68. The normalized spacial score (nSPS) is 12.7. The molecule has 1 aliphatic rings. The number of anilines is 1. The van der Waals surface area contributed by atoms with Gasteiger partial charge in [0.25, 0.3) is 10.0 Å². The summed E-state index contributed by atoms with van der Waals surface area (Å²) in [5.74, 6) is 0. The first-order valence-corrected chi connectivity index (χ1v) is 9.16. The molecule has 0 aliphatic heterocycles. The average molecular weight is 400 g/mol. The van der Waals surface area contributed by atoms with Crippen molar-refractivity contribution in [3.05, 3.63) is 69.5 Å². The van der Waals surface area contributed by atoms with E-state index in [1.165, 1.54) is 18.2 Å². The van der Waals surface area contributed by atoms with Gasteiger partial charge >= 0.3 is 0 Å². The fourth-order valence-electron chi connectivity index (χ4n) is 2.55. The van der Waals surface area contributed by atoms with Crippen LogP contribution in [0, 0.1) is 17.9 Å². The highest BCUT2D eigenvalue weighted by Crippen LogP contribution is 2.38. The Morgan fingerprint density at radius 3 is 2.79 bits per heavy atom. The standard InChI is InChI=1S/C17H10BrN3O2S/c1-20-12-3-2-4-13(9-12)24(22,23)21-16-8-7-15(18)17-11(10-19)5-6-14(16)17/h2-5,7-9,21H,6H2. The van der Waals surface area contributed by atoms with Crippen molar-refractivity contribution in [1.29, 1.82) is 5.26 Å². The van der Waals surface area contributed by atoms with Crippen LogP contribution in [-0.4, -0.2) is 8.42 Å². The second-order valence-corrected chi connectivity index (χ2v) is 7.63. The van der Waals surface area contributed by atoms with E-state index in [1.54, 1.807) is 24.3 Å². The van der Waals surface area contributed by atoms with E-state index in [0.29, 0.717) is 23.2 Å². The third-order valence-electron chi connectivity index (χ3n) is 3.66. The zero-order chi connectivity index (χ0) is 17.3. The van der Waals surface area contributed by atoms with Crippen molar-refractivity contribution in [1.82, 2.24) is 0 Å². The summed E-state index contributed by atoms with van der Waals surface area (Å²) in [6.45, 7) is 7.00. The summed E-state index contributed by atoms with van der Waals surface area (Å²) in [5, 5.41) is 9.19. The number of benzene rings is 2. The second kappa shape index (κ2) is 6.12. The van der Waals surface area contributed by atoms with Gasteiger partial charge in [-0.1, -0.05) is 34.1 Å². The van der Waals surface area contributed by atoms with Gasteiger partial charge < -0.3 is 0 Å². The fourth-order valence-corrected chi connectivity index (χ4v) is 4.27. The molecule has 24 heavy (non-hydrogen) atoms. The molecular weight excluding hydrogens is 390 g/mol. The first kappa shape index (κ1) is 16.3. The van der Waals surface area contributed by atoms with Gasteiger partial charge in [0.2, 0.25) is 0 Å². The lowest BCUT2D eigenvalue weighted by Gasteiger charge is -2.14. The fraction of sp³-hybridized carbons (Fsp3) is 0.0588.